The molecule has 29 heavy (non-hydrogen) atoms. The van der Waals surface area contributed by atoms with Gasteiger partial charge in [-0.05, 0) is 58.9 Å². The van der Waals surface area contributed by atoms with Gasteiger partial charge in [-0.2, -0.15) is 0 Å². The Morgan fingerprint density at radius 2 is 1.90 bits per heavy atom. The van der Waals surface area contributed by atoms with Gasteiger partial charge in [0.25, 0.3) is 5.91 Å². The molecule has 7 heteroatoms. The molecule has 0 aliphatic heterocycles. The van der Waals surface area contributed by atoms with Crippen molar-refractivity contribution in [3.63, 3.8) is 0 Å². The second-order valence-electron chi connectivity index (χ2n) is 7.68. The van der Waals surface area contributed by atoms with E-state index < -0.39 is 6.04 Å². The Morgan fingerprint density at radius 1 is 1.14 bits per heavy atom. The molecule has 0 bridgehead atoms. The number of hydrogen-bond acceptors (Lipinski definition) is 5. The number of amides is 2. The molecule has 1 aromatic carbocycles. The summed E-state index contributed by atoms with van der Waals surface area (Å²) in [7, 11) is 0. The van der Waals surface area contributed by atoms with E-state index in [9.17, 15) is 9.59 Å². The number of carbonyl (C=O) groups is 2. The van der Waals surface area contributed by atoms with Gasteiger partial charge < -0.3 is 20.1 Å². The molecule has 1 atom stereocenters. The van der Waals surface area contributed by atoms with Crippen LogP contribution in [-0.4, -0.2) is 35.0 Å². The van der Waals surface area contributed by atoms with Gasteiger partial charge in [0.05, 0.1) is 6.61 Å². The lowest BCUT2D eigenvalue weighted by atomic mass is 10.1. The number of benzene rings is 1. The maximum absolute atomic E-state index is 12.6. The predicted octanol–water partition coefficient (Wildman–Crippen LogP) is 3.09. The average molecular weight is 399 g/mol. The zero-order valence-electron chi connectivity index (χ0n) is 17.6. The highest BCUT2D eigenvalue weighted by Crippen LogP contribution is 2.29. The smallest absolute Gasteiger partial charge is 0.252 e. The summed E-state index contributed by atoms with van der Waals surface area (Å²) in [5, 5.41) is 5.55. The van der Waals surface area contributed by atoms with Gasteiger partial charge in [-0.25, -0.2) is 0 Å². The number of rotatable bonds is 8. The van der Waals surface area contributed by atoms with Crippen LogP contribution in [-0.2, 0) is 11.4 Å². The monoisotopic (exact) mass is 399 g/mol. The van der Waals surface area contributed by atoms with E-state index in [0.717, 1.165) is 5.56 Å². The molecular formula is C22H29N3O4. The van der Waals surface area contributed by atoms with Crippen LogP contribution < -0.4 is 20.1 Å². The van der Waals surface area contributed by atoms with Crippen molar-refractivity contribution in [3.8, 4) is 11.5 Å². The maximum Gasteiger partial charge on any atom is 0.252 e. The van der Waals surface area contributed by atoms with Gasteiger partial charge in [-0.3, -0.25) is 14.6 Å². The van der Waals surface area contributed by atoms with Gasteiger partial charge in [0.2, 0.25) is 5.91 Å². The van der Waals surface area contributed by atoms with Crippen molar-refractivity contribution in [2.75, 3.05) is 6.61 Å². The van der Waals surface area contributed by atoms with E-state index in [2.05, 4.69) is 15.6 Å². The van der Waals surface area contributed by atoms with Crippen molar-refractivity contribution in [3.05, 3.63) is 53.9 Å². The third-order valence-electron chi connectivity index (χ3n) is 3.86. The van der Waals surface area contributed by atoms with Crippen molar-refractivity contribution < 1.29 is 19.1 Å². The van der Waals surface area contributed by atoms with Crippen LogP contribution in [0.15, 0.2) is 42.7 Å². The molecule has 0 saturated heterocycles. The molecule has 7 nitrogen and oxygen atoms in total. The minimum Gasteiger partial charge on any atom is -0.490 e. The molecule has 2 N–H and O–H groups in total. The number of nitrogens with zero attached hydrogens (tertiary/aromatic N) is 1. The zero-order chi connectivity index (χ0) is 21.4. The van der Waals surface area contributed by atoms with Crippen LogP contribution in [0.4, 0.5) is 0 Å². The summed E-state index contributed by atoms with van der Waals surface area (Å²) in [6.07, 6.45) is 3.43. The first kappa shape index (κ1) is 22.2. The highest BCUT2D eigenvalue weighted by Gasteiger charge is 2.21. The topological polar surface area (TPSA) is 89.5 Å². The van der Waals surface area contributed by atoms with Gasteiger partial charge in [-0.1, -0.05) is 6.07 Å². The van der Waals surface area contributed by atoms with Crippen LogP contribution in [0.1, 0.15) is 50.5 Å². The highest BCUT2D eigenvalue weighted by atomic mass is 16.5. The summed E-state index contributed by atoms with van der Waals surface area (Å²) in [6, 6.07) is 8.04. The van der Waals surface area contributed by atoms with Gasteiger partial charge >= 0.3 is 0 Å². The van der Waals surface area contributed by atoms with E-state index in [4.69, 9.17) is 9.47 Å². The fourth-order valence-corrected chi connectivity index (χ4v) is 2.50. The fraction of sp³-hybridized carbons (Fsp3) is 0.409. The quantitative estimate of drug-likeness (QED) is 0.712. The van der Waals surface area contributed by atoms with Gasteiger partial charge in [0.15, 0.2) is 11.5 Å². The number of nitrogens with one attached hydrogen (secondary N) is 2. The SMILES string of the molecule is CCOc1cc(C(=O)NC(C)C(=O)NC(C)(C)C)ccc1OCc1cccnc1. The molecule has 156 valence electrons. The number of pyridine rings is 1. The van der Waals surface area contributed by atoms with Crippen molar-refractivity contribution in [1.82, 2.24) is 15.6 Å². The highest BCUT2D eigenvalue weighted by molar-refractivity contribution is 5.98. The number of hydrogen-bond donors (Lipinski definition) is 2. The van der Waals surface area contributed by atoms with Crippen LogP contribution in [0.25, 0.3) is 0 Å². The summed E-state index contributed by atoms with van der Waals surface area (Å²) in [4.78, 5) is 28.8. The lowest BCUT2D eigenvalue weighted by molar-refractivity contribution is -0.124. The van der Waals surface area contributed by atoms with Crippen LogP contribution >= 0.6 is 0 Å². The van der Waals surface area contributed by atoms with E-state index in [1.165, 1.54) is 0 Å². The summed E-state index contributed by atoms with van der Waals surface area (Å²) in [6.45, 7) is 9.93. The van der Waals surface area contributed by atoms with E-state index in [0.29, 0.717) is 30.3 Å². The minimum absolute atomic E-state index is 0.243. The second-order valence-corrected chi connectivity index (χ2v) is 7.68. The van der Waals surface area contributed by atoms with E-state index in [1.54, 1.807) is 37.5 Å². The van der Waals surface area contributed by atoms with Crippen LogP contribution in [0, 0.1) is 0 Å². The van der Waals surface area contributed by atoms with E-state index in [1.807, 2.05) is 39.8 Å². The molecule has 0 saturated carbocycles. The Hall–Kier alpha value is -3.09. The van der Waals surface area contributed by atoms with Crippen molar-refractivity contribution in [1.29, 1.82) is 0 Å². The molecule has 1 heterocycles. The number of aromatic nitrogens is 1. The van der Waals surface area contributed by atoms with Crippen LogP contribution in [0.5, 0.6) is 11.5 Å². The lowest BCUT2D eigenvalue weighted by Gasteiger charge is -2.23. The van der Waals surface area contributed by atoms with Gasteiger partial charge in [-0.15, -0.1) is 0 Å². The largest absolute Gasteiger partial charge is 0.490 e. The molecule has 0 aliphatic carbocycles. The molecule has 0 aliphatic rings. The number of ether oxygens (including phenoxy) is 2. The van der Waals surface area contributed by atoms with E-state index >= 15 is 0 Å². The lowest BCUT2D eigenvalue weighted by Crippen LogP contribution is -2.50. The Balaban J connectivity index is 2.07. The van der Waals surface area contributed by atoms with Crippen molar-refractivity contribution in [2.45, 2.75) is 52.8 Å². The fourth-order valence-electron chi connectivity index (χ4n) is 2.50. The summed E-state index contributed by atoms with van der Waals surface area (Å²) >= 11 is 0. The zero-order valence-corrected chi connectivity index (χ0v) is 17.6. The van der Waals surface area contributed by atoms with Gasteiger partial charge in [0, 0.05) is 29.1 Å². The van der Waals surface area contributed by atoms with Crippen molar-refractivity contribution in [2.24, 2.45) is 0 Å². The van der Waals surface area contributed by atoms with Crippen molar-refractivity contribution >= 4 is 11.8 Å². The Labute approximate surface area is 171 Å². The molecule has 1 aromatic heterocycles. The molecule has 2 rings (SSSR count). The summed E-state index contributed by atoms with van der Waals surface area (Å²) in [5.74, 6) is 0.398. The molecule has 1 unspecified atom stereocenters. The second kappa shape index (κ2) is 9.91. The molecule has 0 fully saturated rings. The van der Waals surface area contributed by atoms with Crippen LogP contribution in [0.3, 0.4) is 0 Å². The van der Waals surface area contributed by atoms with Crippen LogP contribution in [0.2, 0.25) is 0 Å². The normalized spacial score (nSPS) is 12.0. The Morgan fingerprint density at radius 3 is 2.52 bits per heavy atom. The first-order chi connectivity index (χ1) is 13.7. The standard InChI is InChI=1S/C22H29N3O4/c1-6-28-19-12-17(21(27)24-15(2)20(26)25-22(3,4)5)9-10-18(19)29-14-16-8-7-11-23-13-16/h7-13,15H,6,14H2,1-5H3,(H,24,27)(H,25,26). The Kier molecular flexibility index (Phi) is 7.59. The first-order valence-electron chi connectivity index (χ1n) is 9.61. The summed E-state index contributed by atoms with van der Waals surface area (Å²) in [5.41, 5.74) is 0.943. The molecule has 0 spiro atoms. The predicted molar refractivity (Wildman–Crippen MR) is 111 cm³/mol. The van der Waals surface area contributed by atoms with E-state index in [-0.39, 0.29) is 17.4 Å². The summed E-state index contributed by atoms with van der Waals surface area (Å²) < 4.78 is 11.5. The maximum atomic E-state index is 12.6. The molecule has 2 amide bonds. The minimum atomic E-state index is -0.668. The van der Waals surface area contributed by atoms with Gasteiger partial charge in [0.1, 0.15) is 12.6 Å². The molecule has 0 radical (unpaired) electrons. The first-order valence-corrected chi connectivity index (χ1v) is 9.61. The third kappa shape index (κ3) is 7.10. The molecular weight excluding hydrogens is 370 g/mol. The third-order valence-corrected chi connectivity index (χ3v) is 3.86. The average Bonchev–Trinajstić information content (AvgIpc) is 2.66. The molecule has 2 aromatic rings. The Bertz CT molecular complexity index is 832. The number of carbonyl (C=O) groups excluding carboxylic acids is 2.